The largest absolute Gasteiger partial charge is 0.480 e. The Kier molecular flexibility index (Phi) is 5.18. The van der Waals surface area contributed by atoms with Gasteiger partial charge in [0.2, 0.25) is 5.91 Å². The number of hydrogen-bond donors (Lipinski definition) is 2. The first-order chi connectivity index (χ1) is 9.35. The molecule has 0 saturated heterocycles. The first-order valence-electron chi connectivity index (χ1n) is 6.05. The number of aromatic nitrogens is 2. The van der Waals surface area contributed by atoms with Crippen LogP contribution in [0.4, 0.5) is 5.82 Å². The number of hydrogen-bond acceptors (Lipinski definition) is 5. The summed E-state index contributed by atoms with van der Waals surface area (Å²) in [6.07, 6.45) is 1.89. The third-order valence-electron chi connectivity index (χ3n) is 2.91. The van der Waals surface area contributed by atoms with Crippen LogP contribution in [-0.4, -0.2) is 37.7 Å². The maximum absolute atomic E-state index is 11.7. The first-order valence-corrected chi connectivity index (χ1v) is 6.05. The van der Waals surface area contributed by atoms with Crippen LogP contribution in [0.15, 0.2) is 12.3 Å². The Morgan fingerprint density at radius 1 is 1.60 bits per heavy atom. The molecule has 0 spiro atoms. The number of amides is 1. The van der Waals surface area contributed by atoms with Gasteiger partial charge in [0, 0.05) is 0 Å². The van der Waals surface area contributed by atoms with Gasteiger partial charge in [-0.2, -0.15) is 4.68 Å². The second-order valence-electron chi connectivity index (χ2n) is 4.40. The molecule has 0 aliphatic carbocycles. The molecule has 0 unspecified atom stereocenters. The Labute approximate surface area is 114 Å². The van der Waals surface area contributed by atoms with Gasteiger partial charge in [0.15, 0.2) is 0 Å². The summed E-state index contributed by atoms with van der Waals surface area (Å²) in [5.74, 6) is -2.26. The Morgan fingerprint density at radius 3 is 2.70 bits per heavy atom. The zero-order valence-electron chi connectivity index (χ0n) is 11.1. The second-order valence-corrected chi connectivity index (χ2v) is 4.40. The molecule has 9 heteroatoms. The van der Waals surface area contributed by atoms with Crippen LogP contribution >= 0.6 is 0 Å². The van der Waals surface area contributed by atoms with Crippen LogP contribution in [0.2, 0.25) is 0 Å². The van der Waals surface area contributed by atoms with E-state index >= 15 is 0 Å². The molecule has 110 valence electrons. The molecule has 0 saturated carbocycles. The van der Waals surface area contributed by atoms with Crippen LogP contribution in [-0.2, 0) is 16.1 Å². The topological polar surface area (TPSA) is 127 Å². The summed E-state index contributed by atoms with van der Waals surface area (Å²) in [7, 11) is 0. The molecule has 1 rings (SSSR count). The zero-order chi connectivity index (χ0) is 15.3. The highest BCUT2D eigenvalue weighted by Crippen LogP contribution is 2.08. The summed E-state index contributed by atoms with van der Waals surface area (Å²) < 4.78 is 1.09. The Balaban J connectivity index is 2.65. The third-order valence-corrected chi connectivity index (χ3v) is 2.91. The van der Waals surface area contributed by atoms with Crippen LogP contribution in [0.5, 0.6) is 0 Å². The standard InChI is InChI=1S/C11H16N4O5/c1-3-7(2)10(11(17)18)12-9(16)6-14-5-4-8(13-14)15(19)20/h4-5,7,10H,3,6H2,1-2H3,(H,12,16)(H,17,18)/t7-,10-/m0/s1. The van der Waals surface area contributed by atoms with E-state index in [4.69, 9.17) is 5.11 Å². The second kappa shape index (κ2) is 6.64. The predicted molar refractivity (Wildman–Crippen MR) is 67.9 cm³/mol. The molecule has 2 N–H and O–H groups in total. The maximum Gasteiger partial charge on any atom is 0.389 e. The minimum absolute atomic E-state index is 0.219. The van der Waals surface area contributed by atoms with Crippen molar-refractivity contribution in [3.05, 3.63) is 22.4 Å². The summed E-state index contributed by atoms with van der Waals surface area (Å²) in [6.45, 7) is 3.27. The molecule has 2 atom stereocenters. The average Bonchev–Trinajstić information content (AvgIpc) is 2.83. The van der Waals surface area contributed by atoms with E-state index in [1.807, 2.05) is 6.92 Å². The van der Waals surface area contributed by atoms with Crippen molar-refractivity contribution in [2.24, 2.45) is 5.92 Å². The van der Waals surface area contributed by atoms with Gasteiger partial charge in [-0.1, -0.05) is 20.3 Å². The smallest absolute Gasteiger partial charge is 0.389 e. The molecule has 1 aromatic rings. The number of rotatable bonds is 7. The summed E-state index contributed by atoms with van der Waals surface area (Å²) in [4.78, 5) is 32.6. The lowest BCUT2D eigenvalue weighted by Crippen LogP contribution is -2.46. The van der Waals surface area contributed by atoms with E-state index in [0.29, 0.717) is 6.42 Å². The average molecular weight is 284 g/mol. The Morgan fingerprint density at radius 2 is 2.25 bits per heavy atom. The molecular formula is C11H16N4O5. The lowest BCUT2D eigenvalue weighted by Gasteiger charge is -2.19. The normalized spacial score (nSPS) is 13.5. The van der Waals surface area contributed by atoms with Crippen molar-refractivity contribution in [2.75, 3.05) is 0 Å². The molecule has 9 nitrogen and oxygen atoms in total. The maximum atomic E-state index is 11.7. The number of carboxylic acid groups (broad SMARTS) is 1. The van der Waals surface area contributed by atoms with E-state index in [2.05, 4.69) is 10.4 Å². The molecule has 20 heavy (non-hydrogen) atoms. The highest BCUT2D eigenvalue weighted by Gasteiger charge is 2.25. The van der Waals surface area contributed by atoms with Gasteiger partial charge >= 0.3 is 11.8 Å². The fourth-order valence-corrected chi connectivity index (χ4v) is 1.59. The summed E-state index contributed by atoms with van der Waals surface area (Å²) in [5, 5.41) is 25.4. The molecule has 0 aliphatic heterocycles. The number of carboxylic acids is 1. The molecule has 0 fully saturated rings. The van der Waals surface area contributed by atoms with Crippen molar-refractivity contribution in [3.8, 4) is 0 Å². The van der Waals surface area contributed by atoms with Crippen LogP contribution in [0.3, 0.4) is 0 Å². The molecule has 0 bridgehead atoms. The van der Waals surface area contributed by atoms with Crippen LogP contribution in [0.25, 0.3) is 0 Å². The van der Waals surface area contributed by atoms with Crippen LogP contribution < -0.4 is 5.32 Å². The quantitative estimate of drug-likeness (QED) is 0.551. The fourth-order valence-electron chi connectivity index (χ4n) is 1.59. The van der Waals surface area contributed by atoms with Crippen LogP contribution in [0.1, 0.15) is 20.3 Å². The summed E-state index contributed by atoms with van der Waals surface area (Å²) >= 11 is 0. The van der Waals surface area contributed by atoms with E-state index in [9.17, 15) is 19.7 Å². The SMILES string of the molecule is CC[C@H](C)[C@H](NC(=O)Cn1ccc([N+](=O)[O-])n1)C(=O)O. The van der Waals surface area contributed by atoms with Crippen LogP contribution in [0, 0.1) is 16.0 Å². The summed E-state index contributed by atoms with van der Waals surface area (Å²) in [5.41, 5.74) is 0. The Hall–Kier alpha value is -2.45. The number of nitrogens with zero attached hydrogens (tertiary/aromatic N) is 3. The van der Waals surface area contributed by atoms with Crippen molar-refractivity contribution in [2.45, 2.75) is 32.9 Å². The Bertz CT molecular complexity index is 513. The molecule has 0 radical (unpaired) electrons. The lowest BCUT2D eigenvalue weighted by molar-refractivity contribution is -0.389. The van der Waals surface area contributed by atoms with Crippen molar-refractivity contribution in [1.29, 1.82) is 0 Å². The number of aliphatic carboxylic acids is 1. The molecule has 1 amide bonds. The van der Waals surface area contributed by atoms with E-state index in [0.717, 1.165) is 10.7 Å². The highest BCUT2D eigenvalue weighted by atomic mass is 16.6. The third kappa shape index (κ3) is 4.04. The number of nitrogens with one attached hydrogen (secondary N) is 1. The van der Waals surface area contributed by atoms with Gasteiger partial charge < -0.3 is 20.5 Å². The highest BCUT2D eigenvalue weighted by molar-refractivity contribution is 5.83. The molecule has 1 aromatic heterocycles. The van der Waals surface area contributed by atoms with E-state index in [1.54, 1.807) is 6.92 Å². The molecule has 0 aromatic carbocycles. The van der Waals surface area contributed by atoms with Gasteiger partial charge in [0.05, 0.1) is 17.4 Å². The van der Waals surface area contributed by atoms with E-state index < -0.39 is 22.8 Å². The first kappa shape index (κ1) is 15.6. The van der Waals surface area contributed by atoms with Crippen molar-refractivity contribution in [1.82, 2.24) is 15.1 Å². The molecule has 0 aliphatic rings. The van der Waals surface area contributed by atoms with Gasteiger partial charge in [-0.05, 0) is 10.8 Å². The lowest BCUT2D eigenvalue weighted by atomic mass is 9.99. The van der Waals surface area contributed by atoms with Gasteiger partial charge in [0.25, 0.3) is 0 Å². The minimum atomic E-state index is -1.11. The van der Waals surface area contributed by atoms with E-state index in [1.165, 1.54) is 6.20 Å². The van der Waals surface area contributed by atoms with Gasteiger partial charge in [0.1, 0.15) is 12.6 Å². The van der Waals surface area contributed by atoms with Gasteiger partial charge in [-0.25, -0.2) is 4.79 Å². The van der Waals surface area contributed by atoms with Crippen molar-refractivity contribution < 1.29 is 19.6 Å². The molecular weight excluding hydrogens is 268 g/mol. The monoisotopic (exact) mass is 284 g/mol. The fraction of sp³-hybridized carbons (Fsp3) is 0.545. The number of nitro groups is 1. The summed E-state index contributed by atoms with van der Waals surface area (Å²) in [6, 6.07) is 0.175. The number of carbonyl (C=O) groups is 2. The van der Waals surface area contributed by atoms with E-state index in [-0.39, 0.29) is 18.3 Å². The van der Waals surface area contributed by atoms with Crippen molar-refractivity contribution in [3.63, 3.8) is 0 Å². The van der Waals surface area contributed by atoms with Gasteiger partial charge in [-0.15, -0.1) is 0 Å². The predicted octanol–water partition coefficient (Wildman–Crippen LogP) is 0.407. The minimum Gasteiger partial charge on any atom is -0.480 e. The zero-order valence-corrected chi connectivity index (χ0v) is 11.1. The van der Waals surface area contributed by atoms with Crippen molar-refractivity contribution >= 4 is 17.7 Å². The molecule has 1 heterocycles. The number of carbonyl (C=O) groups excluding carboxylic acids is 1. The van der Waals surface area contributed by atoms with Gasteiger partial charge in [-0.3, -0.25) is 4.79 Å².